The van der Waals surface area contributed by atoms with Gasteiger partial charge in [0, 0.05) is 70.5 Å². The van der Waals surface area contributed by atoms with Gasteiger partial charge in [-0.3, -0.25) is 4.90 Å². The van der Waals surface area contributed by atoms with Gasteiger partial charge < -0.3 is 24.8 Å². The number of nitrogens with zero attached hydrogens (tertiary/aromatic N) is 5. The molecule has 2 aromatic carbocycles. The lowest BCUT2D eigenvalue weighted by molar-refractivity contribution is 0.153. The second-order valence-corrected chi connectivity index (χ2v) is 13.4. The van der Waals surface area contributed by atoms with Crippen LogP contribution >= 0.6 is 0 Å². The van der Waals surface area contributed by atoms with Gasteiger partial charge in [0.15, 0.2) is 11.6 Å². The number of aromatic amines is 1. The van der Waals surface area contributed by atoms with E-state index >= 15 is 0 Å². The summed E-state index contributed by atoms with van der Waals surface area (Å²) in [6.07, 6.45) is 6.26. The van der Waals surface area contributed by atoms with Crippen LogP contribution in [0.3, 0.4) is 0 Å². The maximum absolute atomic E-state index is 14.0. The standard InChI is InChI=1S/C33H44F2N6O/c1-38-12-14-39(15-13-38)9-3-10-41(32-36-30-18-28(34)29(35)19-31(30)37-32)26-6-8-33(20-25(33)17-26)24-5-2-4-23(16-24)21-40-11-7-27(42)22-40/h2,4-5,16,18-19,25-27,42H,3,6-15,17,20-22H2,1H3,(H,36,37)/t25-,26+,27-,33+/m0/s1. The van der Waals surface area contributed by atoms with Gasteiger partial charge in [0.25, 0.3) is 0 Å². The van der Waals surface area contributed by atoms with E-state index in [9.17, 15) is 13.9 Å². The van der Waals surface area contributed by atoms with Crippen LogP contribution in [0.25, 0.3) is 11.0 Å². The van der Waals surface area contributed by atoms with Crippen molar-refractivity contribution in [1.29, 1.82) is 0 Å². The predicted molar refractivity (Wildman–Crippen MR) is 162 cm³/mol. The van der Waals surface area contributed by atoms with Crippen LogP contribution in [0.15, 0.2) is 36.4 Å². The molecule has 2 saturated heterocycles. The first kappa shape index (κ1) is 28.2. The number of piperazine rings is 1. The fourth-order valence-electron chi connectivity index (χ4n) is 7.97. The Morgan fingerprint density at radius 1 is 1.05 bits per heavy atom. The molecule has 9 heteroatoms. The number of rotatable bonds is 9. The smallest absolute Gasteiger partial charge is 0.204 e. The van der Waals surface area contributed by atoms with E-state index in [1.54, 1.807) is 0 Å². The second kappa shape index (κ2) is 11.5. The topological polar surface area (TPSA) is 61.9 Å². The molecule has 0 unspecified atom stereocenters. The summed E-state index contributed by atoms with van der Waals surface area (Å²) in [6, 6.07) is 12.0. The average molecular weight is 579 g/mol. The van der Waals surface area contributed by atoms with E-state index in [1.807, 2.05) is 0 Å². The molecule has 4 fully saturated rings. The molecule has 2 saturated carbocycles. The zero-order chi connectivity index (χ0) is 28.8. The van der Waals surface area contributed by atoms with Gasteiger partial charge >= 0.3 is 0 Å². The first-order chi connectivity index (χ1) is 20.4. The van der Waals surface area contributed by atoms with Gasteiger partial charge in [-0.05, 0) is 74.6 Å². The summed E-state index contributed by atoms with van der Waals surface area (Å²) in [5.41, 5.74) is 4.11. The molecule has 4 aliphatic rings. The van der Waals surface area contributed by atoms with E-state index in [4.69, 9.17) is 4.98 Å². The molecule has 1 aromatic heterocycles. The molecule has 42 heavy (non-hydrogen) atoms. The van der Waals surface area contributed by atoms with Crippen molar-refractivity contribution in [2.24, 2.45) is 5.92 Å². The molecule has 0 spiro atoms. The van der Waals surface area contributed by atoms with Gasteiger partial charge in [-0.2, -0.15) is 0 Å². The Kier molecular flexibility index (Phi) is 7.71. The number of aromatic nitrogens is 2. The minimum absolute atomic E-state index is 0.191. The zero-order valence-electron chi connectivity index (χ0n) is 24.7. The van der Waals surface area contributed by atoms with E-state index in [0.717, 1.165) is 97.0 Å². The van der Waals surface area contributed by atoms with Gasteiger partial charge in [-0.1, -0.05) is 24.3 Å². The fraction of sp³-hybridized carbons (Fsp3) is 0.606. The number of fused-ring (bicyclic) bond motifs is 2. The summed E-state index contributed by atoms with van der Waals surface area (Å²) >= 11 is 0. The van der Waals surface area contributed by atoms with Crippen molar-refractivity contribution in [3.05, 3.63) is 59.2 Å². The third-order valence-corrected chi connectivity index (χ3v) is 10.6. The number of imidazole rings is 1. The number of nitrogens with one attached hydrogen (secondary N) is 1. The number of likely N-dealkylation sites (N-methyl/N-ethyl adjacent to an activating group) is 1. The summed E-state index contributed by atoms with van der Waals surface area (Å²) in [4.78, 5) is 17.8. The molecule has 4 atom stereocenters. The van der Waals surface area contributed by atoms with Gasteiger partial charge in [0.1, 0.15) is 0 Å². The summed E-state index contributed by atoms with van der Waals surface area (Å²) in [6.45, 7) is 8.99. The molecule has 0 radical (unpaired) electrons. The zero-order valence-corrected chi connectivity index (χ0v) is 24.7. The van der Waals surface area contributed by atoms with Crippen molar-refractivity contribution < 1.29 is 13.9 Å². The Balaban J connectivity index is 1.06. The average Bonchev–Trinajstić information content (AvgIpc) is 3.38. The maximum atomic E-state index is 14.0. The number of benzene rings is 2. The molecule has 7 rings (SSSR count). The number of halogens is 2. The molecule has 2 N–H and O–H groups in total. The number of aliphatic hydroxyl groups is 1. The molecular weight excluding hydrogens is 534 g/mol. The molecule has 7 nitrogen and oxygen atoms in total. The van der Waals surface area contributed by atoms with E-state index in [0.29, 0.717) is 23.0 Å². The largest absolute Gasteiger partial charge is 0.392 e. The Hall–Kier alpha value is -2.59. The molecule has 0 amide bonds. The Labute approximate surface area is 247 Å². The number of hydrogen-bond donors (Lipinski definition) is 2. The second-order valence-electron chi connectivity index (χ2n) is 13.4. The summed E-state index contributed by atoms with van der Waals surface area (Å²) in [7, 11) is 2.18. The van der Waals surface area contributed by atoms with Gasteiger partial charge in [-0.15, -0.1) is 0 Å². The van der Waals surface area contributed by atoms with Crippen molar-refractivity contribution in [3.63, 3.8) is 0 Å². The number of aliphatic hydroxyl groups excluding tert-OH is 1. The van der Waals surface area contributed by atoms with Crippen LogP contribution in [0.2, 0.25) is 0 Å². The fourth-order valence-corrected chi connectivity index (χ4v) is 7.97. The molecule has 3 aromatic rings. The normalized spacial score (nSPS) is 28.8. The maximum Gasteiger partial charge on any atom is 0.204 e. The van der Waals surface area contributed by atoms with Crippen LogP contribution < -0.4 is 4.90 Å². The SMILES string of the molecule is CN1CCN(CCCN(c2nc3cc(F)c(F)cc3[nH]2)[C@@H]2CC[C@]3(c4cccc(CN5CC[C@H](O)C5)c4)C[C@@H]3C2)CC1. The molecule has 2 aliphatic heterocycles. The lowest BCUT2D eigenvalue weighted by atomic mass is 9.80. The van der Waals surface area contributed by atoms with Crippen molar-refractivity contribution >= 4 is 17.0 Å². The van der Waals surface area contributed by atoms with Crippen LogP contribution in [-0.2, 0) is 12.0 Å². The Morgan fingerprint density at radius 2 is 1.88 bits per heavy atom. The molecule has 226 valence electrons. The number of hydrogen-bond acceptors (Lipinski definition) is 6. The van der Waals surface area contributed by atoms with Crippen molar-refractivity contribution in [3.8, 4) is 0 Å². The third kappa shape index (κ3) is 5.68. The highest BCUT2D eigenvalue weighted by Crippen LogP contribution is 2.63. The van der Waals surface area contributed by atoms with Gasteiger partial charge in [0.05, 0.1) is 17.1 Å². The number of anilines is 1. The van der Waals surface area contributed by atoms with Crippen LogP contribution in [0.1, 0.15) is 49.7 Å². The van der Waals surface area contributed by atoms with Crippen LogP contribution in [0.4, 0.5) is 14.7 Å². The summed E-state index contributed by atoms with van der Waals surface area (Å²) < 4.78 is 28.0. The molecule has 2 aliphatic carbocycles. The number of β-amino-alcohol motifs (C(OH)–C–C–N with tert-alkyl or cyclic N) is 1. The Bertz CT molecular complexity index is 1370. The predicted octanol–water partition coefficient (Wildman–Crippen LogP) is 4.36. The highest BCUT2D eigenvalue weighted by molar-refractivity contribution is 5.78. The lowest BCUT2D eigenvalue weighted by Gasteiger charge is -2.38. The van der Waals surface area contributed by atoms with Crippen molar-refractivity contribution in [2.75, 3.05) is 64.3 Å². The summed E-state index contributed by atoms with van der Waals surface area (Å²) in [5.74, 6) is -0.325. The highest BCUT2D eigenvalue weighted by atomic mass is 19.2. The highest BCUT2D eigenvalue weighted by Gasteiger charge is 2.58. The van der Waals surface area contributed by atoms with Crippen molar-refractivity contribution in [2.45, 2.75) is 62.6 Å². The van der Waals surface area contributed by atoms with Crippen LogP contribution in [-0.4, -0.2) is 101 Å². The van der Waals surface area contributed by atoms with E-state index in [2.05, 4.69) is 55.9 Å². The lowest BCUT2D eigenvalue weighted by Crippen LogP contribution is -2.46. The quantitative estimate of drug-likeness (QED) is 0.394. The van der Waals surface area contributed by atoms with E-state index in [-0.39, 0.29) is 11.5 Å². The molecule has 0 bridgehead atoms. The molecule has 3 heterocycles. The number of likely N-dealkylation sites (tertiary alicyclic amines) is 1. The number of H-pyrrole nitrogens is 1. The minimum atomic E-state index is -0.856. The molecular formula is C33H44F2N6O. The van der Waals surface area contributed by atoms with Crippen LogP contribution in [0, 0.1) is 17.6 Å². The summed E-state index contributed by atoms with van der Waals surface area (Å²) in [5, 5.41) is 9.94. The Morgan fingerprint density at radius 3 is 2.67 bits per heavy atom. The monoisotopic (exact) mass is 578 g/mol. The van der Waals surface area contributed by atoms with Gasteiger partial charge in [0.2, 0.25) is 5.95 Å². The first-order valence-electron chi connectivity index (χ1n) is 15.9. The van der Waals surface area contributed by atoms with E-state index < -0.39 is 11.6 Å². The minimum Gasteiger partial charge on any atom is -0.392 e. The third-order valence-electron chi connectivity index (χ3n) is 10.6. The first-order valence-corrected chi connectivity index (χ1v) is 15.9. The van der Waals surface area contributed by atoms with Crippen LogP contribution in [0.5, 0.6) is 0 Å². The van der Waals surface area contributed by atoms with E-state index in [1.165, 1.54) is 29.7 Å². The van der Waals surface area contributed by atoms with Gasteiger partial charge in [-0.25, -0.2) is 13.8 Å². The van der Waals surface area contributed by atoms with Crippen molar-refractivity contribution in [1.82, 2.24) is 24.7 Å².